The molecule has 35 heavy (non-hydrogen) atoms. The minimum Gasteiger partial charge on any atom is -0.449 e. The number of hydrogen-bond acceptors (Lipinski definition) is 8. The van der Waals surface area contributed by atoms with E-state index in [0.717, 1.165) is 37.1 Å². The van der Waals surface area contributed by atoms with Crippen molar-refractivity contribution in [1.29, 1.82) is 0 Å². The summed E-state index contributed by atoms with van der Waals surface area (Å²) in [6.45, 7) is 9.54. The van der Waals surface area contributed by atoms with E-state index in [1.807, 2.05) is 18.5 Å². The van der Waals surface area contributed by atoms with E-state index in [1.165, 1.54) is 0 Å². The Kier molecular flexibility index (Phi) is 8.12. The summed E-state index contributed by atoms with van der Waals surface area (Å²) in [7, 11) is 1.57. The Labute approximate surface area is 207 Å². The van der Waals surface area contributed by atoms with Crippen LogP contribution in [0.15, 0.2) is 0 Å². The zero-order chi connectivity index (χ0) is 26.0. The Bertz CT molecular complexity index is 912. The van der Waals surface area contributed by atoms with Crippen LogP contribution >= 0.6 is 0 Å². The third-order valence-electron chi connectivity index (χ3n) is 7.11. The molecule has 0 saturated heterocycles. The maximum absolute atomic E-state index is 12.3. The zero-order valence-electron chi connectivity index (χ0n) is 21.9. The van der Waals surface area contributed by atoms with Crippen molar-refractivity contribution >= 4 is 12.0 Å². The van der Waals surface area contributed by atoms with Crippen LogP contribution in [0.1, 0.15) is 65.3 Å². The van der Waals surface area contributed by atoms with E-state index in [9.17, 15) is 14.7 Å². The average Bonchev–Trinajstić information content (AvgIpc) is 3.24. The van der Waals surface area contributed by atoms with Gasteiger partial charge in [0.2, 0.25) is 5.91 Å². The monoisotopic (exact) mass is 494 g/mol. The van der Waals surface area contributed by atoms with Crippen molar-refractivity contribution in [3.8, 4) is 0 Å². The van der Waals surface area contributed by atoms with Gasteiger partial charge in [-0.15, -0.1) is 5.10 Å². The van der Waals surface area contributed by atoms with Gasteiger partial charge in [0.15, 0.2) is 0 Å². The molecule has 4 atom stereocenters. The fourth-order valence-corrected chi connectivity index (χ4v) is 5.21. The van der Waals surface area contributed by atoms with Crippen molar-refractivity contribution in [3.63, 3.8) is 0 Å². The maximum atomic E-state index is 12.3. The van der Waals surface area contributed by atoms with Crippen molar-refractivity contribution in [3.05, 3.63) is 11.4 Å². The molecule has 11 nitrogen and oxygen atoms in total. The van der Waals surface area contributed by atoms with E-state index in [1.54, 1.807) is 27.8 Å². The number of fused-ring (bicyclic) bond motifs is 2. The molecule has 3 rings (SSSR count). The fraction of sp³-hybridized carbons (Fsp3) is 0.833. The molecule has 1 saturated carbocycles. The number of nitrogens with zero attached hydrogens (tertiary/aromatic N) is 3. The van der Waals surface area contributed by atoms with Gasteiger partial charge in [0.05, 0.1) is 48.7 Å². The number of aryl methyl sites for hydroxylation is 1. The summed E-state index contributed by atoms with van der Waals surface area (Å²) >= 11 is 0. The molecule has 2 amide bonds. The SMILES string of the molecule is CNC(=O)CC(C)(C)OC(C)(N)CNC(=O)OCC1C2CCc3nnn(C(C)(C)CO)c3CCC21. The van der Waals surface area contributed by atoms with Crippen LogP contribution < -0.4 is 16.4 Å². The average molecular weight is 495 g/mol. The first-order valence-corrected chi connectivity index (χ1v) is 12.4. The predicted octanol–water partition coefficient (Wildman–Crippen LogP) is 1.08. The highest BCUT2D eigenvalue weighted by molar-refractivity contribution is 5.76. The smallest absolute Gasteiger partial charge is 0.407 e. The summed E-state index contributed by atoms with van der Waals surface area (Å²) in [6, 6.07) is 0. The number of carbonyl (C=O) groups is 2. The van der Waals surface area contributed by atoms with Gasteiger partial charge < -0.3 is 30.9 Å². The molecule has 2 aliphatic carbocycles. The molecular weight excluding hydrogens is 452 g/mol. The van der Waals surface area contributed by atoms with Crippen LogP contribution in [-0.2, 0) is 32.6 Å². The van der Waals surface area contributed by atoms with Crippen molar-refractivity contribution in [1.82, 2.24) is 25.6 Å². The van der Waals surface area contributed by atoms with Gasteiger partial charge in [-0.2, -0.15) is 0 Å². The van der Waals surface area contributed by atoms with E-state index < -0.39 is 23.0 Å². The second-order valence-electron chi connectivity index (χ2n) is 11.4. The van der Waals surface area contributed by atoms with Crippen LogP contribution in [0.2, 0.25) is 0 Å². The number of alkyl carbamates (subject to hydrolysis) is 1. The minimum absolute atomic E-state index is 0.00111. The van der Waals surface area contributed by atoms with E-state index in [2.05, 4.69) is 20.9 Å². The first kappa shape index (κ1) is 27.3. The molecule has 0 bridgehead atoms. The van der Waals surface area contributed by atoms with Gasteiger partial charge in [-0.1, -0.05) is 5.21 Å². The van der Waals surface area contributed by atoms with Gasteiger partial charge in [0.1, 0.15) is 5.72 Å². The summed E-state index contributed by atoms with van der Waals surface area (Å²) in [5.74, 6) is 1.21. The van der Waals surface area contributed by atoms with Crippen molar-refractivity contribution in [2.45, 2.75) is 83.6 Å². The summed E-state index contributed by atoms with van der Waals surface area (Å²) in [6.07, 6.45) is 3.29. The van der Waals surface area contributed by atoms with E-state index in [0.29, 0.717) is 24.4 Å². The van der Waals surface area contributed by atoms with E-state index in [4.69, 9.17) is 15.2 Å². The molecule has 0 aliphatic heterocycles. The molecule has 2 aliphatic rings. The standard InChI is InChI=1S/C24H42N6O5/c1-22(2,14-31)30-19-10-8-16-15(7-9-18(19)28-29-30)17(16)12-34-21(33)27-13-24(5,25)35-23(3,4)11-20(32)26-6/h15-17,31H,7-14,25H2,1-6H3,(H,26,32)(H,27,33). The largest absolute Gasteiger partial charge is 0.449 e. The Morgan fingerprint density at radius 1 is 1.17 bits per heavy atom. The Morgan fingerprint density at radius 3 is 2.46 bits per heavy atom. The number of rotatable bonds is 10. The number of aliphatic hydroxyl groups excluding tert-OH is 1. The molecule has 5 N–H and O–H groups in total. The van der Waals surface area contributed by atoms with E-state index in [-0.39, 0.29) is 25.5 Å². The van der Waals surface area contributed by atoms with Crippen LogP contribution in [0.25, 0.3) is 0 Å². The van der Waals surface area contributed by atoms with Crippen LogP contribution in [0.4, 0.5) is 4.79 Å². The first-order chi connectivity index (χ1) is 16.3. The van der Waals surface area contributed by atoms with Crippen LogP contribution in [0, 0.1) is 17.8 Å². The molecule has 11 heteroatoms. The Morgan fingerprint density at radius 2 is 1.83 bits per heavy atom. The van der Waals surface area contributed by atoms with Crippen molar-refractivity contribution < 1.29 is 24.2 Å². The number of ether oxygens (including phenoxy) is 2. The number of carbonyl (C=O) groups excluding carboxylic acids is 2. The highest BCUT2D eigenvalue weighted by atomic mass is 16.6. The summed E-state index contributed by atoms with van der Waals surface area (Å²) in [5.41, 5.74) is 5.89. The molecule has 4 unspecified atom stereocenters. The van der Waals surface area contributed by atoms with Crippen molar-refractivity contribution in [2.75, 3.05) is 26.8 Å². The summed E-state index contributed by atoms with van der Waals surface area (Å²) < 4.78 is 13.3. The molecular formula is C24H42N6O5. The Hall–Kier alpha value is -2.24. The first-order valence-electron chi connectivity index (χ1n) is 12.4. The quantitative estimate of drug-likeness (QED) is 0.352. The van der Waals surface area contributed by atoms with Gasteiger partial charge in [0.25, 0.3) is 0 Å². The van der Waals surface area contributed by atoms with Gasteiger partial charge in [-0.3, -0.25) is 4.79 Å². The molecule has 1 aromatic rings. The zero-order valence-corrected chi connectivity index (χ0v) is 21.9. The number of aromatic nitrogens is 3. The summed E-state index contributed by atoms with van der Waals surface area (Å²) in [4.78, 5) is 24.0. The van der Waals surface area contributed by atoms with Crippen LogP contribution in [0.5, 0.6) is 0 Å². The van der Waals surface area contributed by atoms with Crippen molar-refractivity contribution in [2.24, 2.45) is 23.5 Å². The van der Waals surface area contributed by atoms with Gasteiger partial charge in [-0.05, 0) is 78.1 Å². The predicted molar refractivity (Wildman–Crippen MR) is 129 cm³/mol. The molecule has 198 valence electrons. The van der Waals surface area contributed by atoms with Gasteiger partial charge >= 0.3 is 6.09 Å². The number of amides is 2. The third kappa shape index (κ3) is 6.92. The Balaban J connectivity index is 1.44. The highest BCUT2D eigenvalue weighted by Gasteiger charge is 2.50. The maximum Gasteiger partial charge on any atom is 0.407 e. The van der Waals surface area contributed by atoms with Crippen LogP contribution in [-0.4, -0.2) is 70.2 Å². The van der Waals surface area contributed by atoms with E-state index >= 15 is 0 Å². The second-order valence-corrected chi connectivity index (χ2v) is 11.4. The lowest BCUT2D eigenvalue weighted by Gasteiger charge is -2.35. The molecule has 0 aromatic carbocycles. The highest BCUT2D eigenvalue weighted by Crippen LogP contribution is 2.53. The lowest BCUT2D eigenvalue weighted by molar-refractivity contribution is -0.145. The van der Waals surface area contributed by atoms with Gasteiger partial charge in [-0.25, -0.2) is 9.48 Å². The fourth-order valence-electron chi connectivity index (χ4n) is 5.21. The normalized spacial score (nSPS) is 23.7. The topological polar surface area (TPSA) is 154 Å². The number of nitrogens with one attached hydrogen (secondary N) is 2. The molecule has 1 aromatic heterocycles. The van der Waals surface area contributed by atoms with Gasteiger partial charge in [0, 0.05) is 7.05 Å². The number of nitrogens with two attached hydrogens (primary N) is 1. The molecule has 0 spiro atoms. The minimum atomic E-state index is -1.16. The third-order valence-corrected chi connectivity index (χ3v) is 7.11. The second kappa shape index (κ2) is 10.4. The molecule has 1 fully saturated rings. The van der Waals surface area contributed by atoms with Crippen LogP contribution in [0.3, 0.4) is 0 Å². The lowest BCUT2D eigenvalue weighted by Crippen LogP contribution is -2.54. The number of hydrogen-bond donors (Lipinski definition) is 4. The lowest BCUT2D eigenvalue weighted by atomic mass is 9.99. The molecule has 1 heterocycles. The molecule has 0 radical (unpaired) electrons. The number of aliphatic hydroxyl groups is 1. The summed E-state index contributed by atoms with van der Waals surface area (Å²) in [5, 5.41) is 23.7.